The van der Waals surface area contributed by atoms with Crippen LogP contribution in [0.1, 0.15) is 25.7 Å². The second kappa shape index (κ2) is 7.85. The smallest absolute Gasteiger partial charge is 0.330 e. The molecule has 142 valence electrons. The van der Waals surface area contributed by atoms with Gasteiger partial charge in [-0.25, -0.2) is 4.79 Å². The summed E-state index contributed by atoms with van der Waals surface area (Å²) in [5.41, 5.74) is 5.94. The number of aromatic nitrogens is 5. The second-order valence-electron chi connectivity index (χ2n) is 6.11. The van der Waals surface area contributed by atoms with Gasteiger partial charge in [-0.3, -0.25) is 19.3 Å². The van der Waals surface area contributed by atoms with Gasteiger partial charge in [0.1, 0.15) is 11.5 Å². The van der Waals surface area contributed by atoms with Crippen LogP contribution < -0.4 is 21.9 Å². The van der Waals surface area contributed by atoms with Gasteiger partial charge in [0.25, 0.3) is 5.56 Å². The summed E-state index contributed by atoms with van der Waals surface area (Å²) in [6, 6.07) is 3.59. The van der Waals surface area contributed by atoms with Crippen molar-refractivity contribution in [1.29, 1.82) is 0 Å². The Bertz CT molecular complexity index is 1020. The average Bonchev–Trinajstić information content (AvgIpc) is 3.10. The van der Waals surface area contributed by atoms with Gasteiger partial charge in [-0.2, -0.15) is 4.98 Å². The molecule has 10 heteroatoms. The lowest BCUT2D eigenvalue weighted by atomic mass is 10.3. The number of H-pyrrole nitrogens is 1. The van der Waals surface area contributed by atoms with E-state index >= 15 is 0 Å². The van der Waals surface area contributed by atoms with Crippen molar-refractivity contribution in [3.63, 3.8) is 0 Å². The molecule has 0 spiro atoms. The normalized spacial score (nSPS) is 10.9. The molecular weight excluding hydrogens is 350 g/mol. The van der Waals surface area contributed by atoms with E-state index in [1.54, 1.807) is 30.4 Å². The van der Waals surface area contributed by atoms with Gasteiger partial charge in [0.15, 0.2) is 0 Å². The molecule has 0 radical (unpaired) electrons. The predicted molar refractivity (Wildman–Crippen MR) is 100 cm³/mol. The number of nitrogens with one attached hydrogen (secondary N) is 1. The third kappa shape index (κ3) is 3.89. The molecule has 0 aliphatic rings. The van der Waals surface area contributed by atoms with Gasteiger partial charge in [0.2, 0.25) is 11.7 Å². The Morgan fingerprint density at radius 2 is 2.19 bits per heavy atom. The number of anilines is 2. The lowest BCUT2D eigenvalue weighted by Gasteiger charge is -2.20. The quantitative estimate of drug-likeness (QED) is 0.628. The first-order valence-electron chi connectivity index (χ1n) is 8.58. The topological polar surface area (TPSA) is 136 Å². The molecule has 3 aromatic rings. The van der Waals surface area contributed by atoms with Gasteiger partial charge in [-0.15, -0.1) is 0 Å². The number of unbranched alkanes of at least 4 members (excludes halogenated alkanes) is 1. The van der Waals surface area contributed by atoms with Gasteiger partial charge in [0, 0.05) is 31.5 Å². The zero-order valence-electron chi connectivity index (χ0n) is 15.2. The number of aromatic amines is 1. The van der Waals surface area contributed by atoms with E-state index in [-0.39, 0.29) is 18.1 Å². The Hall–Kier alpha value is -3.43. The van der Waals surface area contributed by atoms with Crippen molar-refractivity contribution in [2.24, 2.45) is 0 Å². The van der Waals surface area contributed by atoms with Crippen molar-refractivity contribution in [3.8, 4) is 11.4 Å². The summed E-state index contributed by atoms with van der Waals surface area (Å²) in [6.07, 6.45) is 4.96. The maximum Gasteiger partial charge on any atom is 0.330 e. The van der Waals surface area contributed by atoms with E-state index in [4.69, 9.17) is 10.3 Å². The first-order valence-corrected chi connectivity index (χ1v) is 8.58. The molecule has 0 aromatic carbocycles. The Balaban J connectivity index is 1.86. The Morgan fingerprint density at radius 1 is 1.37 bits per heavy atom. The molecule has 3 heterocycles. The number of nitrogens with two attached hydrogens (primary N) is 1. The zero-order valence-corrected chi connectivity index (χ0v) is 15.2. The summed E-state index contributed by atoms with van der Waals surface area (Å²) in [6.45, 7) is 2.60. The monoisotopic (exact) mass is 371 g/mol. The van der Waals surface area contributed by atoms with Crippen LogP contribution in [0.25, 0.3) is 11.4 Å². The number of nitrogen functional groups attached to an aromatic ring is 1. The van der Waals surface area contributed by atoms with E-state index in [0.717, 1.165) is 18.4 Å². The Labute approximate surface area is 154 Å². The van der Waals surface area contributed by atoms with Crippen LogP contribution in [0.5, 0.6) is 0 Å². The molecule has 0 fully saturated rings. The molecule has 0 saturated carbocycles. The molecule has 10 nitrogen and oxygen atoms in total. The highest BCUT2D eigenvalue weighted by Crippen LogP contribution is 2.19. The standard InChI is InChI=1S/C17H21N7O3/c1-3-4-8-24-14(18)13(16(25)21-17(24)26)23(2)10-12-20-15(22-27-12)11-6-5-7-19-9-11/h5-7,9H,3-4,8,10,18H2,1-2H3,(H,21,25,26). The minimum atomic E-state index is -0.556. The predicted octanol–water partition coefficient (Wildman–Crippen LogP) is 1.00. The number of rotatable bonds is 7. The molecule has 0 saturated heterocycles. The highest BCUT2D eigenvalue weighted by molar-refractivity contribution is 5.62. The van der Waals surface area contributed by atoms with E-state index in [0.29, 0.717) is 18.3 Å². The van der Waals surface area contributed by atoms with Crippen LogP contribution in [0.4, 0.5) is 11.5 Å². The lowest BCUT2D eigenvalue weighted by molar-refractivity contribution is 0.378. The maximum absolute atomic E-state index is 12.3. The molecule has 3 N–H and O–H groups in total. The minimum Gasteiger partial charge on any atom is -0.383 e. The van der Waals surface area contributed by atoms with Gasteiger partial charge in [-0.1, -0.05) is 18.5 Å². The molecule has 0 amide bonds. The van der Waals surface area contributed by atoms with Crippen LogP contribution in [-0.2, 0) is 13.1 Å². The second-order valence-corrected chi connectivity index (χ2v) is 6.11. The van der Waals surface area contributed by atoms with E-state index in [2.05, 4.69) is 20.1 Å². The Kier molecular flexibility index (Phi) is 5.34. The SMILES string of the molecule is CCCCn1c(N)c(N(C)Cc2nc(-c3cccnc3)no2)c(=O)[nH]c1=O. The summed E-state index contributed by atoms with van der Waals surface area (Å²) < 4.78 is 6.62. The third-order valence-corrected chi connectivity index (χ3v) is 4.09. The van der Waals surface area contributed by atoms with Crippen molar-refractivity contribution in [2.45, 2.75) is 32.9 Å². The average molecular weight is 371 g/mol. The fourth-order valence-corrected chi connectivity index (χ4v) is 2.70. The van der Waals surface area contributed by atoms with Crippen molar-refractivity contribution in [1.82, 2.24) is 24.7 Å². The molecule has 0 atom stereocenters. The number of nitrogens with zero attached hydrogens (tertiary/aromatic N) is 5. The molecule has 0 bridgehead atoms. The van der Waals surface area contributed by atoms with E-state index < -0.39 is 11.2 Å². The van der Waals surface area contributed by atoms with Crippen molar-refractivity contribution in [3.05, 3.63) is 51.3 Å². The van der Waals surface area contributed by atoms with Crippen LogP contribution in [0.3, 0.4) is 0 Å². The zero-order chi connectivity index (χ0) is 19.4. The third-order valence-electron chi connectivity index (χ3n) is 4.09. The summed E-state index contributed by atoms with van der Waals surface area (Å²) in [5, 5.41) is 3.93. The molecule has 3 rings (SSSR count). The van der Waals surface area contributed by atoms with Gasteiger partial charge in [0.05, 0.1) is 6.54 Å². The van der Waals surface area contributed by atoms with Crippen LogP contribution in [0.2, 0.25) is 0 Å². The maximum atomic E-state index is 12.3. The van der Waals surface area contributed by atoms with Crippen LogP contribution in [-0.4, -0.2) is 31.7 Å². The van der Waals surface area contributed by atoms with Crippen molar-refractivity contribution >= 4 is 11.5 Å². The van der Waals surface area contributed by atoms with Crippen LogP contribution >= 0.6 is 0 Å². The van der Waals surface area contributed by atoms with E-state index in [9.17, 15) is 9.59 Å². The van der Waals surface area contributed by atoms with Crippen molar-refractivity contribution < 1.29 is 4.52 Å². The lowest BCUT2D eigenvalue weighted by Crippen LogP contribution is -2.37. The number of hydrogen-bond donors (Lipinski definition) is 2. The first-order chi connectivity index (χ1) is 13.0. The number of hydrogen-bond acceptors (Lipinski definition) is 8. The fourth-order valence-electron chi connectivity index (χ4n) is 2.70. The molecule has 0 unspecified atom stereocenters. The summed E-state index contributed by atoms with van der Waals surface area (Å²) in [4.78, 5) is 36.5. The summed E-state index contributed by atoms with van der Waals surface area (Å²) in [5.74, 6) is 0.828. The van der Waals surface area contributed by atoms with E-state index in [1.165, 1.54) is 4.57 Å². The number of pyridine rings is 1. The van der Waals surface area contributed by atoms with Gasteiger partial charge in [-0.05, 0) is 18.6 Å². The van der Waals surface area contributed by atoms with Crippen LogP contribution in [0.15, 0.2) is 38.6 Å². The Morgan fingerprint density at radius 3 is 2.89 bits per heavy atom. The molecule has 0 aliphatic carbocycles. The summed E-state index contributed by atoms with van der Waals surface area (Å²) >= 11 is 0. The first kappa shape index (κ1) is 18.4. The highest BCUT2D eigenvalue weighted by atomic mass is 16.5. The molecule has 0 aliphatic heterocycles. The molecule has 27 heavy (non-hydrogen) atoms. The molecule has 3 aromatic heterocycles. The largest absolute Gasteiger partial charge is 0.383 e. The van der Waals surface area contributed by atoms with Gasteiger partial charge >= 0.3 is 5.69 Å². The van der Waals surface area contributed by atoms with Gasteiger partial charge < -0.3 is 15.2 Å². The van der Waals surface area contributed by atoms with E-state index in [1.807, 2.05) is 13.0 Å². The van der Waals surface area contributed by atoms with Crippen LogP contribution in [0, 0.1) is 0 Å². The summed E-state index contributed by atoms with van der Waals surface area (Å²) in [7, 11) is 1.67. The highest BCUT2D eigenvalue weighted by Gasteiger charge is 2.18. The fraction of sp³-hybridized carbons (Fsp3) is 0.353. The molecular formula is C17H21N7O3. The minimum absolute atomic E-state index is 0.117. The van der Waals surface area contributed by atoms with Crippen molar-refractivity contribution in [2.75, 3.05) is 17.7 Å².